The fourth-order valence-corrected chi connectivity index (χ4v) is 1.87. The fraction of sp³-hybridized carbons (Fsp3) is 0.0714. The predicted octanol–water partition coefficient (Wildman–Crippen LogP) is 3.78. The van der Waals surface area contributed by atoms with Gasteiger partial charge < -0.3 is 10.6 Å². The molecule has 104 valence electrons. The molecule has 6 heteroatoms. The van der Waals surface area contributed by atoms with Gasteiger partial charge in [0.2, 0.25) is 5.91 Å². The highest BCUT2D eigenvalue weighted by Gasteiger charge is 2.11. The Balaban J connectivity index is 1.97. The van der Waals surface area contributed by atoms with Gasteiger partial charge in [0.25, 0.3) is 0 Å². The molecule has 0 aliphatic rings. The van der Waals surface area contributed by atoms with Gasteiger partial charge in [-0.1, -0.05) is 18.2 Å². The zero-order valence-electron chi connectivity index (χ0n) is 10.3. The first kappa shape index (κ1) is 14.5. The number of hydrogen-bond donors (Lipinski definition) is 2. The van der Waals surface area contributed by atoms with E-state index in [0.717, 1.165) is 17.8 Å². The minimum absolute atomic E-state index is 0.00964. The second kappa shape index (κ2) is 6.47. The van der Waals surface area contributed by atoms with Crippen LogP contribution in [0, 0.1) is 11.6 Å². The SMILES string of the molecule is O=C(CNc1ccccc1)Nc1cc(F)c(Br)cc1F. The molecular weight excluding hydrogens is 330 g/mol. The third-order valence-corrected chi connectivity index (χ3v) is 3.12. The predicted molar refractivity (Wildman–Crippen MR) is 77.6 cm³/mol. The number of para-hydroxylation sites is 1. The molecule has 0 saturated heterocycles. The van der Waals surface area contributed by atoms with E-state index < -0.39 is 17.5 Å². The molecule has 0 unspecified atom stereocenters. The number of carbonyl (C=O) groups is 1. The number of benzene rings is 2. The first-order chi connectivity index (χ1) is 9.56. The van der Waals surface area contributed by atoms with Crippen LogP contribution in [0.2, 0.25) is 0 Å². The van der Waals surface area contributed by atoms with E-state index >= 15 is 0 Å². The molecule has 0 aliphatic carbocycles. The number of halogens is 3. The van der Waals surface area contributed by atoms with Crippen LogP contribution in [0.5, 0.6) is 0 Å². The molecule has 0 saturated carbocycles. The van der Waals surface area contributed by atoms with Gasteiger partial charge in [-0.15, -0.1) is 0 Å². The quantitative estimate of drug-likeness (QED) is 0.831. The maximum absolute atomic E-state index is 13.5. The first-order valence-corrected chi connectivity index (χ1v) is 6.59. The minimum atomic E-state index is -0.702. The maximum Gasteiger partial charge on any atom is 0.243 e. The van der Waals surface area contributed by atoms with Crippen LogP contribution in [-0.2, 0) is 4.79 Å². The summed E-state index contributed by atoms with van der Waals surface area (Å²) in [5.41, 5.74) is 0.579. The molecule has 0 bridgehead atoms. The zero-order chi connectivity index (χ0) is 14.5. The van der Waals surface area contributed by atoms with Crippen molar-refractivity contribution in [3.63, 3.8) is 0 Å². The molecule has 0 radical (unpaired) electrons. The van der Waals surface area contributed by atoms with Crippen molar-refractivity contribution in [2.75, 3.05) is 17.2 Å². The van der Waals surface area contributed by atoms with Gasteiger partial charge in [0.1, 0.15) is 11.6 Å². The molecule has 0 aliphatic heterocycles. The molecule has 2 aromatic rings. The molecule has 1 amide bonds. The summed E-state index contributed by atoms with van der Waals surface area (Å²) in [6.07, 6.45) is 0. The number of hydrogen-bond acceptors (Lipinski definition) is 2. The molecule has 2 rings (SSSR count). The third-order valence-electron chi connectivity index (χ3n) is 2.51. The Bertz CT molecular complexity index is 620. The summed E-state index contributed by atoms with van der Waals surface area (Å²) in [4.78, 5) is 11.7. The number of nitrogens with one attached hydrogen (secondary N) is 2. The van der Waals surface area contributed by atoms with Crippen LogP contribution in [-0.4, -0.2) is 12.5 Å². The summed E-state index contributed by atoms with van der Waals surface area (Å²) in [6, 6.07) is 11.0. The Hall–Kier alpha value is -1.95. The molecule has 20 heavy (non-hydrogen) atoms. The Morgan fingerprint density at radius 1 is 1.10 bits per heavy atom. The molecule has 2 aromatic carbocycles. The topological polar surface area (TPSA) is 41.1 Å². The highest BCUT2D eigenvalue weighted by molar-refractivity contribution is 9.10. The van der Waals surface area contributed by atoms with Crippen LogP contribution >= 0.6 is 15.9 Å². The molecule has 0 aromatic heterocycles. The van der Waals surface area contributed by atoms with Crippen molar-refractivity contribution in [3.05, 3.63) is 58.6 Å². The minimum Gasteiger partial charge on any atom is -0.376 e. The third kappa shape index (κ3) is 3.77. The Morgan fingerprint density at radius 2 is 1.80 bits per heavy atom. The summed E-state index contributed by atoms with van der Waals surface area (Å²) in [6.45, 7) is -0.0405. The van der Waals surface area contributed by atoms with E-state index in [1.165, 1.54) is 0 Å². The van der Waals surface area contributed by atoms with E-state index in [0.29, 0.717) is 0 Å². The summed E-state index contributed by atoms with van der Waals surface area (Å²) in [5.74, 6) is -1.81. The van der Waals surface area contributed by atoms with Crippen molar-refractivity contribution in [2.45, 2.75) is 0 Å². The van der Waals surface area contributed by atoms with Gasteiger partial charge in [-0.05, 0) is 34.1 Å². The van der Waals surface area contributed by atoms with Crippen LogP contribution < -0.4 is 10.6 Å². The lowest BCUT2D eigenvalue weighted by Gasteiger charge is -2.09. The largest absolute Gasteiger partial charge is 0.376 e. The average molecular weight is 341 g/mol. The summed E-state index contributed by atoms with van der Waals surface area (Å²) < 4.78 is 26.8. The first-order valence-electron chi connectivity index (χ1n) is 5.79. The van der Waals surface area contributed by atoms with E-state index in [-0.39, 0.29) is 16.7 Å². The molecule has 0 spiro atoms. The van der Waals surface area contributed by atoms with Crippen molar-refractivity contribution < 1.29 is 13.6 Å². The van der Waals surface area contributed by atoms with Gasteiger partial charge in [-0.25, -0.2) is 8.78 Å². The second-order valence-corrected chi connectivity index (χ2v) is 4.87. The van der Waals surface area contributed by atoms with Gasteiger partial charge in [-0.2, -0.15) is 0 Å². The summed E-state index contributed by atoms with van der Waals surface area (Å²) >= 11 is 2.87. The lowest BCUT2D eigenvalue weighted by atomic mass is 10.3. The Morgan fingerprint density at radius 3 is 2.50 bits per heavy atom. The van der Waals surface area contributed by atoms with E-state index in [2.05, 4.69) is 26.6 Å². The summed E-state index contributed by atoms with van der Waals surface area (Å²) in [7, 11) is 0. The fourth-order valence-electron chi connectivity index (χ4n) is 1.55. The van der Waals surface area contributed by atoms with Gasteiger partial charge in [0.05, 0.1) is 16.7 Å². The Labute approximate surface area is 123 Å². The lowest BCUT2D eigenvalue weighted by molar-refractivity contribution is -0.114. The highest BCUT2D eigenvalue weighted by Crippen LogP contribution is 2.23. The highest BCUT2D eigenvalue weighted by atomic mass is 79.9. The lowest BCUT2D eigenvalue weighted by Crippen LogP contribution is -2.22. The van der Waals surface area contributed by atoms with Crippen molar-refractivity contribution in [3.8, 4) is 0 Å². The van der Waals surface area contributed by atoms with E-state index in [4.69, 9.17) is 0 Å². The number of amides is 1. The molecule has 2 N–H and O–H groups in total. The number of rotatable bonds is 4. The van der Waals surface area contributed by atoms with Gasteiger partial charge in [-0.3, -0.25) is 4.79 Å². The van der Waals surface area contributed by atoms with Gasteiger partial charge in [0.15, 0.2) is 0 Å². The monoisotopic (exact) mass is 340 g/mol. The van der Waals surface area contributed by atoms with Crippen molar-refractivity contribution in [2.24, 2.45) is 0 Å². The number of anilines is 2. The van der Waals surface area contributed by atoms with Crippen LogP contribution in [0.1, 0.15) is 0 Å². The van der Waals surface area contributed by atoms with Crippen molar-refractivity contribution in [1.82, 2.24) is 0 Å². The molecule has 0 fully saturated rings. The van der Waals surface area contributed by atoms with Gasteiger partial charge >= 0.3 is 0 Å². The van der Waals surface area contributed by atoms with E-state index in [1.54, 1.807) is 12.1 Å². The average Bonchev–Trinajstić information content (AvgIpc) is 2.44. The standard InChI is InChI=1S/C14H11BrF2N2O/c15-10-6-12(17)13(7-11(10)16)19-14(20)8-18-9-4-2-1-3-5-9/h1-7,18H,8H2,(H,19,20). The Kier molecular flexibility index (Phi) is 4.68. The smallest absolute Gasteiger partial charge is 0.243 e. The van der Waals surface area contributed by atoms with Crippen LogP contribution in [0.4, 0.5) is 20.2 Å². The number of carbonyl (C=O) groups excluding carboxylic acids is 1. The normalized spacial score (nSPS) is 10.2. The maximum atomic E-state index is 13.5. The molecular formula is C14H11BrF2N2O. The van der Waals surface area contributed by atoms with E-state index in [1.807, 2.05) is 18.2 Å². The van der Waals surface area contributed by atoms with Crippen LogP contribution in [0.15, 0.2) is 46.9 Å². The van der Waals surface area contributed by atoms with Crippen LogP contribution in [0.25, 0.3) is 0 Å². The zero-order valence-corrected chi connectivity index (χ0v) is 11.9. The van der Waals surface area contributed by atoms with E-state index in [9.17, 15) is 13.6 Å². The molecule has 0 atom stereocenters. The van der Waals surface area contributed by atoms with Crippen LogP contribution in [0.3, 0.4) is 0 Å². The second-order valence-electron chi connectivity index (χ2n) is 4.01. The van der Waals surface area contributed by atoms with Crippen molar-refractivity contribution in [1.29, 1.82) is 0 Å². The van der Waals surface area contributed by atoms with Gasteiger partial charge in [0, 0.05) is 11.8 Å². The molecule has 3 nitrogen and oxygen atoms in total. The molecule has 0 heterocycles. The summed E-state index contributed by atoms with van der Waals surface area (Å²) in [5, 5.41) is 5.18. The van der Waals surface area contributed by atoms with Crippen molar-refractivity contribution >= 4 is 33.2 Å².